The minimum absolute atomic E-state index is 0.00657. The third-order valence-corrected chi connectivity index (χ3v) is 2.07. The molecule has 0 spiro atoms. The number of fused-ring (bicyclic) bond motifs is 1. The van der Waals surface area contributed by atoms with Crippen LogP contribution in [0.15, 0.2) is 12.1 Å². The second-order valence-electron chi connectivity index (χ2n) is 2.88. The van der Waals surface area contributed by atoms with Crippen LogP contribution >= 0.6 is 0 Å². The van der Waals surface area contributed by atoms with Crippen molar-refractivity contribution in [1.29, 1.82) is 0 Å². The summed E-state index contributed by atoms with van der Waals surface area (Å²) in [5.74, 6) is -1.85. The van der Waals surface area contributed by atoms with Gasteiger partial charge in [-0.05, 0) is 12.1 Å². The van der Waals surface area contributed by atoms with Gasteiger partial charge in [-0.1, -0.05) is 0 Å². The second-order valence-corrected chi connectivity index (χ2v) is 2.88. The van der Waals surface area contributed by atoms with Crippen molar-refractivity contribution in [3.63, 3.8) is 0 Å². The predicted molar refractivity (Wildman–Crippen MR) is 46.0 cm³/mol. The van der Waals surface area contributed by atoms with Gasteiger partial charge in [-0.25, -0.2) is 13.8 Å². The van der Waals surface area contributed by atoms with E-state index in [1.807, 2.05) is 0 Å². The van der Waals surface area contributed by atoms with Gasteiger partial charge in [0.15, 0.2) is 23.7 Å². The van der Waals surface area contributed by atoms with Crippen LogP contribution in [0.25, 0.3) is 11.0 Å². The SMILES string of the molecule is Cn1c(C=O)nc2ccc(F)c(F)c21. The van der Waals surface area contributed by atoms with Crippen molar-refractivity contribution in [3.8, 4) is 0 Å². The lowest BCUT2D eigenvalue weighted by atomic mass is 10.3. The van der Waals surface area contributed by atoms with E-state index >= 15 is 0 Å². The maximum Gasteiger partial charge on any atom is 0.185 e. The first-order valence-electron chi connectivity index (χ1n) is 3.90. The maximum absolute atomic E-state index is 13.3. The fourth-order valence-corrected chi connectivity index (χ4v) is 1.36. The lowest BCUT2D eigenvalue weighted by molar-refractivity contribution is 0.111. The minimum Gasteiger partial charge on any atom is -0.322 e. The summed E-state index contributed by atoms with van der Waals surface area (Å²) in [4.78, 5) is 14.3. The van der Waals surface area contributed by atoms with Crippen LogP contribution in [0.1, 0.15) is 10.6 Å². The molecule has 0 aliphatic heterocycles. The van der Waals surface area contributed by atoms with Gasteiger partial charge in [0.25, 0.3) is 0 Å². The molecule has 3 nitrogen and oxygen atoms in total. The number of carbonyl (C=O) groups excluding carboxylic acids is 1. The smallest absolute Gasteiger partial charge is 0.185 e. The minimum atomic E-state index is -0.981. The quantitative estimate of drug-likeness (QED) is 0.650. The first kappa shape index (κ1) is 8.80. The number of halogens is 2. The third-order valence-electron chi connectivity index (χ3n) is 2.07. The van der Waals surface area contributed by atoms with Crippen LogP contribution in [0.4, 0.5) is 8.78 Å². The molecule has 0 aliphatic carbocycles. The Morgan fingerprint density at radius 1 is 1.43 bits per heavy atom. The molecule has 72 valence electrons. The Morgan fingerprint density at radius 3 is 2.79 bits per heavy atom. The van der Waals surface area contributed by atoms with Crippen LogP contribution in [0.5, 0.6) is 0 Å². The molecule has 2 rings (SSSR count). The number of benzene rings is 1. The average Bonchev–Trinajstić information content (AvgIpc) is 2.50. The molecule has 0 amide bonds. The standard InChI is InChI=1S/C9H6F2N2O/c1-13-7(4-14)12-6-3-2-5(10)8(11)9(6)13/h2-4H,1H3. The molecule has 0 bridgehead atoms. The highest BCUT2D eigenvalue weighted by Crippen LogP contribution is 2.19. The van der Waals surface area contributed by atoms with E-state index in [2.05, 4.69) is 4.98 Å². The van der Waals surface area contributed by atoms with Gasteiger partial charge >= 0.3 is 0 Å². The summed E-state index contributed by atoms with van der Waals surface area (Å²) < 4.78 is 27.3. The summed E-state index contributed by atoms with van der Waals surface area (Å²) in [6.45, 7) is 0. The van der Waals surface area contributed by atoms with Crippen molar-refractivity contribution < 1.29 is 13.6 Å². The van der Waals surface area contributed by atoms with Crippen molar-refractivity contribution in [1.82, 2.24) is 9.55 Å². The fraction of sp³-hybridized carbons (Fsp3) is 0.111. The molecule has 1 aromatic heterocycles. The monoisotopic (exact) mass is 196 g/mol. The predicted octanol–water partition coefficient (Wildman–Crippen LogP) is 1.66. The van der Waals surface area contributed by atoms with Crippen molar-refractivity contribution in [2.45, 2.75) is 0 Å². The molecule has 5 heteroatoms. The molecule has 0 atom stereocenters. The molecule has 0 unspecified atom stereocenters. The molecule has 1 heterocycles. The Hall–Kier alpha value is -1.78. The maximum atomic E-state index is 13.3. The largest absolute Gasteiger partial charge is 0.322 e. The van der Waals surface area contributed by atoms with E-state index in [0.29, 0.717) is 6.29 Å². The molecule has 14 heavy (non-hydrogen) atoms. The first-order valence-corrected chi connectivity index (χ1v) is 3.90. The first-order chi connectivity index (χ1) is 6.65. The Balaban J connectivity index is 2.93. The van der Waals surface area contributed by atoms with Crippen LogP contribution in [0, 0.1) is 11.6 Å². The van der Waals surface area contributed by atoms with Crippen molar-refractivity contribution >= 4 is 17.3 Å². The zero-order chi connectivity index (χ0) is 10.3. The molecular weight excluding hydrogens is 190 g/mol. The summed E-state index contributed by atoms with van der Waals surface area (Å²) in [5, 5.41) is 0. The van der Waals surface area contributed by atoms with E-state index in [1.54, 1.807) is 0 Å². The highest BCUT2D eigenvalue weighted by Gasteiger charge is 2.14. The Kier molecular flexibility index (Phi) is 1.80. The lowest BCUT2D eigenvalue weighted by Crippen LogP contribution is -1.97. The number of hydrogen-bond donors (Lipinski definition) is 0. The van der Waals surface area contributed by atoms with E-state index < -0.39 is 11.6 Å². The van der Waals surface area contributed by atoms with E-state index in [0.717, 1.165) is 6.07 Å². The number of aryl methyl sites for hydroxylation is 1. The number of aromatic nitrogens is 2. The van der Waals surface area contributed by atoms with Crippen molar-refractivity contribution in [2.24, 2.45) is 7.05 Å². The molecule has 0 fully saturated rings. The molecule has 0 saturated heterocycles. The van der Waals surface area contributed by atoms with Crippen LogP contribution in [-0.2, 0) is 7.05 Å². The molecule has 0 radical (unpaired) electrons. The third kappa shape index (κ3) is 1.02. The second kappa shape index (κ2) is 2.87. The van der Waals surface area contributed by atoms with E-state index in [9.17, 15) is 13.6 Å². The summed E-state index contributed by atoms with van der Waals surface area (Å²) in [6.07, 6.45) is 0.497. The zero-order valence-corrected chi connectivity index (χ0v) is 7.29. The van der Waals surface area contributed by atoms with Crippen LogP contribution < -0.4 is 0 Å². The molecule has 0 aliphatic rings. The van der Waals surface area contributed by atoms with E-state index in [4.69, 9.17) is 0 Å². The van der Waals surface area contributed by atoms with Gasteiger partial charge in [0.2, 0.25) is 0 Å². The molecule has 0 saturated carbocycles. The number of carbonyl (C=O) groups is 1. The van der Waals surface area contributed by atoms with Crippen molar-refractivity contribution in [3.05, 3.63) is 29.6 Å². The van der Waals surface area contributed by atoms with Gasteiger partial charge in [0.05, 0.1) is 5.52 Å². The van der Waals surface area contributed by atoms with Gasteiger partial charge < -0.3 is 4.57 Å². The van der Waals surface area contributed by atoms with Gasteiger partial charge in [-0.15, -0.1) is 0 Å². The van der Waals surface area contributed by atoms with Crippen molar-refractivity contribution in [2.75, 3.05) is 0 Å². The van der Waals surface area contributed by atoms with E-state index in [1.165, 1.54) is 17.7 Å². The summed E-state index contributed by atoms with van der Waals surface area (Å²) in [7, 11) is 1.46. The summed E-state index contributed by atoms with van der Waals surface area (Å²) in [6, 6.07) is 2.32. The highest BCUT2D eigenvalue weighted by molar-refractivity contribution is 5.83. The number of rotatable bonds is 1. The topological polar surface area (TPSA) is 34.9 Å². The van der Waals surface area contributed by atoms with Gasteiger partial charge in [-0.2, -0.15) is 0 Å². The number of aldehydes is 1. The van der Waals surface area contributed by atoms with Gasteiger partial charge in [0.1, 0.15) is 5.52 Å². The number of imidazole rings is 1. The highest BCUT2D eigenvalue weighted by atomic mass is 19.2. The summed E-state index contributed by atoms with van der Waals surface area (Å²) in [5.41, 5.74) is 0.278. The van der Waals surface area contributed by atoms with Gasteiger partial charge in [-0.3, -0.25) is 4.79 Å². The number of nitrogens with zero attached hydrogens (tertiary/aromatic N) is 2. The molecule has 2 aromatic rings. The van der Waals surface area contributed by atoms with E-state index in [-0.39, 0.29) is 16.9 Å². The Bertz CT molecular complexity index is 519. The molecule has 1 aromatic carbocycles. The zero-order valence-electron chi connectivity index (χ0n) is 7.29. The average molecular weight is 196 g/mol. The van der Waals surface area contributed by atoms with Crippen LogP contribution in [-0.4, -0.2) is 15.8 Å². The lowest BCUT2D eigenvalue weighted by Gasteiger charge is -1.97. The molecular formula is C9H6F2N2O. The fourth-order valence-electron chi connectivity index (χ4n) is 1.36. The summed E-state index contributed by atoms with van der Waals surface area (Å²) >= 11 is 0. The number of hydrogen-bond acceptors (Lipinski definition) is 2. The normalized spacial score (nSPS) is 10.8. The van der Waals surface area contributed by atoms with Gasteiger partial charge in [0, 0.05) is 7.05 Å². The van der Waals surface area contributed by atoms with Crippen LogP contribution in [0.3, 0.4) is 0 Å². The Labute approximate surface area is 78.0 Å². The molecule has 0 N–H and O–H groups in total. The van der Waals surface area contributed by atoms with Crippen LogP contribution in [0.2, 0.25) is 0 Å². The Morgan fingerprint density at radius 2 is 2.14 bits per heavy atom.